The molecule has 1 fully saturated rings. The highest BCUT2D eigenvalue weighted by molar-refractivity contribution is 5.76. The fourth-order valence-corrected chi connectivity index (χ4v) is 2.89. The standard InChI is InChI=1S/C15H25N3O2/c1-10(13-4-6-16-7-5-13)8-15(19)17-9-14-11(2)18-20-12(14)3/h10,13,16H,4-9H2,1-3H3,(H,17,19). The van der Waals surface area contributed by atoms with Gasteiger partial charge in [-0.15, -0.1) is 0 Å². The van der Waals surface area contributed by atoms with Gasteiger partial charge in [0.2, 0.25) is 5.91 Å². The van der Waals surface area contributed by atoms with E-state index in [1.165, 1.54) is 12.8 Å². The highest BCUT2D eigenvalue weighted by Gasteiger charge is 2.22. The Bertz CT molecular complexity index is 430. The molecule has 112 valence electrons. The minimum atomic E-state index is 0.121. The highest BCUT2D eigenvalue weighted by Crippen LogP contribution is 2.24. The fourth-order valence-electron chi connectivity index (χ4n) is 2.89. The van der Waals surface area contributed by atoms with Crippen molar-refractivity contribution in [1.29, 1.82) is 0 Å². The third kappa shape index (κ3) is 3.82. The molecule has 0 aliphatic carbocycles. The van der Waals surface area contributed by atoms with E-state index >= 15 is 0 Å². The Labute approximate surface area is 120 Å². The quantitative estimate of drug-likeness (QED) is 0.864. The van der Waals surface area contributed by atoms with E-state index in [0.717, 1.165) is 30.1 Å². The number of piperidine rings is 1. The van der Waals surface area contributed by atoms with Crippen LogP contribution in [0.5, 0.6) is 0 Å². The van der Waals surface area contributed by atoms with Gasteiger partial charge in [-0.05, 0) is 51.6 Å². The fraction of sp³-hybridized carbons (Fsp3) is 0.733. The monoisotopic (exact) mass is 279 g/mol. The molecule has 5 heteroatoms. The van der Waals surface area contributed by atoms with E-state index < -0.39 is 0 Å². The van der Waals surface area contributed by atoms with Crippen molar-refractivity contribution in [3.05, 3.63) is 17.0 Å². The summed E-state index contributed by atoms with van der Waals surface area (Å²) in [5.41, 5.74) is 1.85. The number of aryl methyl sites for hydroxylation is 2. The molecule has 0 radical (unpaired) electrons. The third-order valence-corrected chi connectivity index (χ3v) is 4.34. The normalized spacial score (nSPS) is 17.9. The van der Waals surface area contributed by atoms with Crippen LogP contribution in [0, 0.1) is 25.7 Å². The van der Waals surface area contributed by atoms with Crippen molar-refractivity contribution in [1.82, 2.24) is 15.8 Å². The molecule has 0 saturated carbocycles. The van der Waals surface area contributed by atoms with Gasteiger partial charge in [-0.1, -0.05) is 12.1 Å². The van der Waals surface area contributed by atoms with E-state index in [1.807, 2.05) is 13.8 Å². The number of nitrogens with zero attached hydrogens (tertiary/aromatic N) is 1. The van der Waals surface area contributed by atoms with Gasteiger partial charge in [-0.2, -0.15) is 0 Å². The van der Waals surface area contributed by atoms with Crippen molar-refractivity contribution in [2.24, 2.45) is 11.8 Å². The second kappa shape index (κ2) is 6.88. The van der Waals surface area contributed by atoms with Crippen LogP contribution in [-0.2, 0) is 11.3 Å². The van der Waals surface area contributed by atoms with Crippen LogP contribution >= 0.6 is 0 Å². The molecule has 0 spiro atoms. The molecule has 1 aliphatic heterocycles. The summed E-state index contributed by atoms with van der Waals surface area (Å²) in [7, 11) is 0. The Kier molecular flexibility index (Phi) is 5.17. The zero-order valence-corrected chi connectivity index (χ0v) is 12.7. The first-order valence-electron chi connectivity index (χ1n) is 7.47. The van der Waals surface area contributed by atoms with Crippen molar-refractivity contribution in [2.45, 2.75) is 46.6 Å². The summed E-state index contributed by atoms with van der Waals surface area (Å²) >= 11 is 0. The maximum atomic E-state index is 12.0. The van der Waals surface area contributed by atoms with Crippen LogP contribution in [0.2, 0.25) is 0 Å². The van der Waals surface area contributed by atoms with Gasteiger partial charge >= 0.3 is 0 Å². The number of carbonyl (C=O) groups excluding carboxylic acids is 1. The van der Waals surface area contributed by atoms with Gasteiger partial charge in [0, 0.05) is 18.5 Å². The SMILES string of the molecule is Cc1noc(C)c1CNC(=O)CC(C)C1CCNCC1. The molecule has 2 N–H and O–H groups in total. The van der Waals surface area contributed by atoms with E-state index in [0.29, 0.717) is 24.8 Å². The Morgan fingerprint density at radius 3 is 2.75 bits per heavy atom. The molecule has 5 nitrogen and oxygen atoms in total. The molecular formula is C15H25N3O2. The van der Waals surface area contributed by atoms with Gasteiger partial charge in [-0.25, -0.2) is 0 Å². The Morgan fingerprint density at radius 1 is 1.45 bits per heavy atom. The van der Waals surface area contributed by atoms with Gasteiger partial charge in [0.25, 0.3) is 0 Å². The first-order chi connectivity index (χ1) is 9.58. The minimum absolute atomic E-state index is 0.121. The summed E-state index contributed by atoms with van der Waals surface area (Å²) in [6.07, 6.45) is 2.96. The lowest BCUT2D eigenvalue weighted by Gasteiger charge is -2.27. The predicted molar refractivity (Wildman–Crippen MR) is 77.2 cm³/mol. The number of aromatic nitrogens is 1. The summed E-state index contributed by atoms with van der Waals surface area (Å²) < 4.78 is 5.10. The number of amides is 1. The second-order valence-electron chi connectivity index (χ2n) is 5.85. The van der Waals surface area contributed by atoms with Crippen LogP contribution in [0.15, 0.2) is 4.52 Å². The number of hydrogen-bond donors (Lipinski definition) is 2. The molecule has 1 saturated heterocycles. The van der Waals surface area contributed by atoms with Crippen molar-refractivity contribution in [3.63, 3.8) is 0 Å². The zero-order chi connectivity index (χ0) is 14.5. The molecule has 1 aromatic heterocycles. The summed E-state index contributed by atoms with van der Waals surface area (Å²) in [6, 6.07) is 0. The Balaban J connectivity index is 1.77. The summed E-state index contributed by atoms with van der Waals surface area (Å²) in [5, 5.41) is 10.2. The van der Waals surface area contributed by atoms with E-state index in [9.17, 15) is 4.79 Å². The van der Waals surface area contributed by atoms with Crippen molar-refractivity contribution >= 4 is 5.91 Å². The number of hydrogen-bond acceptors (Lipinski definition) is 4. The molecule has 20 heavy (non-hydrogen) atoms. The maximum Gasteiger partial charge on any atom is 0.220 e. The average molecular weight is 279 g/mol. The number of carbonyl (C=O) groups is 1. The predicted octanol–water partition coefficient (Wildman–Crippen LogP) is 1.93. The lowest BCUT2D eigenvalue weighted by Crippen LogP contribution is -2.33. The zero-order valence-electron chi connectivity index (χ0n) is 12.7. The molecule has 2 rings (SSSR count). The average Bonchev–Trinajstić information content (AvgIpc) is 2.77. The summed E-state index contributed by atoms with van der Waals surface area (Å²) in [5.74, 6) is 2.02. The van der Waals surface area contributed by atoms with Crippen molar-refractivity contribution in [3.8, 4) is 0 Å². The molecule has 2 heterocycles. The number of nitrogens with one attached hydrogen (secondary N) is 2. The van der Waals surface area contributed by atoms with Crippen LogP contribution in [-0.4, -0.2) is 24.2 Å². The molecule has 1 aliphatic rings. The van der Waals surface area contributed by atoms with Gasteiger partial charge in [0.1, 0.15) is 5.76 Å². The molecule has 1 aromatic rings. The smallest absolute Gasteiger partial charge is 0.220 e. The summed E-state index contributed by atoms with van der Waals surface area (Å²) in [6.45, 7) is 8.63. The van der Waals surface area contributed by atoms with Crippen LogP contribution in [0.4, 0.5) is 0 Å². The largest absolute Gasteiger partial charge is 0.361 e. The van der Waals surface area contributed by atoms with Crippen LogP contribution in [0.3, 0.4) is 0 Å². The molecular weight excluding hydrogens is 254 g/mol. The Hall–Kier alpha value is -1.36. The second-order valence-corrected chi connectivity index (χ2v) is 5.85. The van der Waals surface area contributed by atoms with Crippen LogP contribution < -0.4 is 10.6 Å². The van der Waals surface area contributed by atoms with Crippen LogP contribution in [0.25, 0.3) is 0 Å². The molecule has 1 atom stereocenters. The first-order valence-corrected chi connectivity index (χ1v) is 7.47. The highest BCUT2D eigenvalue weighted by atomic mass is 16.5. The Morgan fingerprint density at radius 2 is 2.15 bits per heavy atom. The third-order valence-electron chi connectivity index (χ3n) is 4.34. The lowest BCUT2D eigenvalue weighted by atomic mass is 9.84. The molecule has 1 unspecified atom stereocenters. The van der Waals surface area contributed by atoms with Crippen molar-refractivity contribution in [2.75, 3.05) is 13.1 Å². The molecule has 1 amide bonds. The summed E-state index contributed by atoms with van der Waals surface area (Å²) in [4.78, 5) is 12.0. The van der Waals surface area contributed by atoms with Gasteiger partial charge < -0.3 is 15.2 Å². The minimum Gasteiger partial charge on any atom is -0.361 e. The maximum absolute atomic E-state index is 12.0. The van der Waals surface area contributed by atoms with E-state index in [1.54, 1.807) is 0 Å². The van der Waals surface area contributed by atoms with Crippen LogP contribution in [0.1, 0.15) is 43.2 Å². The van der Waals surface area contributed by atoms with Gasteiger partial charge in [-0.3, -0.25) is 4.79 Å². The van der Waals surface area contributed by atoms with Gasteiger partial charge in [0.15, 0.2) is 0 Å². The molecule has 0 aromatic carbocycles. The molecule has 0 bridgehead atoms. The van der Waals surface area contributed by atoms with E-state index in [4.69, 9.17) is 4.52 Å². The first kappa shape index (κ1) is 15.0. The van der Waals surface area contributed by atoms with E-state index in [-0.39, 0.29) is 5.91 Å². The topological polar surface area (TPSA) is 67.2 Å². The van der Waals surface area contributed by atoms with Crippen molar-refractivity contribution < 1.29 is 9.32 Å². The van der Waals surface area contributed by atoms with E-state index in [2.05, 4.69) is 22.7 Å². The number of rotatable bonds is 5. The van der Waals surface area contributed by atoms with Gasteiger partial charge in [0.05, 0.1) is 5.69 Å². The lowest BCUT2D eigenvalue weighted by molar-refractivity contribution is -0.122.